The average molecular weight is 430 g/mol. The molecular weight excluding hydrogens is 413 g/mol. The van der Waals surface area contributed by atoms with Crippen molar-refractivity contribution in [2.45, 2.75) is 0 Å². The number of amides is 1. The van der Waals surface area contributed by atoms with Crippen LogP contribution in [0.15, 0.2) is 42.5 Å². The van der Waals surface area contributed by atoms with Gasteiger partial charge in [-0.15, -0.1) is 0 Å². The van der Waals surface area contributed by atoms with Gasteiger partial charge in [-0.1, -0.05) is 46.7 Å². The summed E-state index contributed by atoms with van der Waals surface area (Å²) in [5, 5.41) is 1.75. The second-order valence-corrected chi connectivity index (χ2v) is 7.71. The van der Waals surface area contributed by atoms with Crippen LogP contribution in [0.5, 0.6) is 0 Å². The standard InChI is InChI=1S/C18H17Cl2N3OS.ClH/c1-22(2)9-10-23(17(24)12-5-3-6-13(19)11-12)18-21-16-14(20)7-4-8-15(16)25-18;/h3-8,11H,9-10H2,1-2H3;1H/p-1. The highest BCUT2D eigenvalue weighted by atomic mass is 35.5. The van der Waals surface area contributed by atoms with Crippen LogP contribution in [-0.4, -0.2) is 43.0 Å². The fourth-order valence-electron chi connectivity index (χ4n) is 2.38. The number of anilines is 1. The Labute approximate surface area is 172 Å². The van der Waals surface area contributed by atoms with Crippen molar-refractivity contribution in [1.29, 1.82) is 0 Å². The molecule has 0 unspecified atom stereocenters. The summed E-state index contributed by atoms with van der Waals surface area (Å²) < 4.78 is 0.955. The summed E-state index contributed by atoms with van der Waals surface area (Å²) in [7, 11) is 3.94. The molecule has 4 nitrogen and oxygen atoms in total. The second kappa shape index (κ2) is 9.02. The smallest absolute Gasteiger partial charge is 0.260 e. The van der Waals surface area contributed by atoms with Gasteiger partial charge < -0.3 is 17.3 Å². The summed E-state index contributed by atoms with van der Waals surface area (Å²) in [6.07, 6.45) is 0. The van der Waals surface area contributed by atoms with Crippen molar-refractivity contribution in [3.8, 4) is 0 Å². The van der Waals surface area contributed by atoms with Gasteiger partial charge in [-0.2, -0.15) is 0 Å². The predicted octanol–water partition coefficient (Wildman–Crippen LogP) is 1.82. The van der Waals surface area contributed by atoms with Crippen molar-refractivity contribution in [3.63, 3.8) is 0 Å². The van der Waals surface area contributed by atoms with E-state index in [9.17, 15) is 4.79 Å². The van der Waals surface area contributed by atoms with E-state index < -0.39 is 0 Å². The Bertz CT molecular complexity index is 914. The van der Waals surface area contributed by atoms with Crippen LogP contribution in [0, 0.1) is 0 Å². The molecule has 0 fully saturated rings. The summed E-state index contributed by atoms with van der Waals surface area (Å²) in [6.45, 7) is 1.24. The Morgan fingerprint density at radius 1 is 1.12 bits per heavy atom. The molecule has 0 spiro atoms. The van der Waals surface area contributed by atoms with Gasteiger partial charge in [-0.3, -0.25) is 9.69 Å². The summed E-state index contributed by atoms with van der Waals surface area (Å²) in [5.41, 5.74) is 1.26. The van der Waals surface area contributed by atoms with Crippen LogP contribution >= 0.6 is 34.5 Å². The molecule has 3 aromatic rings. The van der Waals surface area contributed by atoms with Crippen molar-refractivity contribution in [3.05, 3.63) is 58.1 Å². The van der Waals surface area contributed by atoms with E-state index in [0.717, 1.165) is 16.8 Å². The number of hydrogen-bond donors (Lipinski definition) is 0. The molecule has 0 radical (unpaired) electrons. The topological polar surface area (TPSA) is 36.4 Å². The van der Waals surface area contributed by atoms with Gasteiger partial charge in [0.2, 0.25) is 0 Å². The third kappa shape index (κ3) is 4.67. The number of halogens is 3. The minimum Gasteiger partial charge on any atom is -1.00 e. The fourth-order valence-corrected chi connectivity index (χ4v) is 3.86. The molecule has 138 valence electrons. The van der Waals surface area contributed by atoms with Crippen LogP contribution in [0.2, 0.25) is 10.0 Å². The number of hydrogen-bond acceptors (Lipinski definition) is 4. The number of likely N-dealkylation sites (N-methyl/N-ethyl adjacent to an activating group) is 1. The van der Waals surface area contributed by atoms with Gasteiger partial charge in [0, 0.05) is 23.7 Å². The van der Waals surface area contributed by atoms with E-state index in [0.29, 0.717) is 27.3 Å². The number of carbonyl (C=O) groups is 1. The van der Waals surface area contributed by atoms with E-state index in [2.05, 4.69) is 4.98 Å². The van der Waals surface area contributed by atoms with E-state index in [4.69, 9.17) is 23.2 Å². The number of rotatable bonds is 5. The van der Waals surface area contributed by atoms with Crippen LogP contribution < -0.4 is 17.3 Å². The maximum absolute atomic E-state index is 13.1. The van der Waals surface area contributed by atoms with Gasteiger partial charge in [0.05, 0.1) is 9.72 Å². The van der Waals surface area contributed by atoms with Crippen molar-refractivity contribution in [1.82, 2.24) is 9.88 Å². The van der Waals surface area contributed by atoms with Crippen LogP contribution in [0.25, 0.3) is 10.2 Å². The molecule has 0 bridgehead atoms. The van der Waals surface area contributed by atoms with E-state index in [-0.39, 0.29) is 18.3 Å². The Morgan fingerprint density at radius 3 is 2.50 bits per heavy atom. The maximum Gasteiger partial charge on any atom is 0.260 e. The van der Waals surface area contributed by atoms with Gasteiger partial charge in [0.15, 0.2) is 5.13 Å². The zero-order valence-electron chi connectivity index (χ0n) is 14.2. The van der Waals surface area contributed by atoms with Crippen LogP contribution in [-0.2, 0) is 0 Å². The maximum atomic E-state index is 13.1. The summed E-state index contributed by atoms with van der Waals surface area (Å²) in [4.78, 5) is 21.4. The lowest BCUT2D eigenvalue weighted by Crippen LogP contribution is -3.00. The van der Waals surface area contributed by atoms with E-state index >= 15 is 0 Å². The lowest BCUT2D eigenvalue weighted by atomic mass is 10.2. The molecule has 0 atom stereocenters. The highest BCUT2D eigenvalue weighted by Crippen LogP contribution is 2.33. The number of thiazole rings is 1. The largest absolute Gasteiger partial charge is 1.00 e. The van der Waals surface area contributed by atoms with Gasteiger partial charge in [-0.05, 0) is 44.4 Å². The molecule has 1 heterocycles. The van der Waals surface area contributed by atoms with Gasteiger partial charge in [0.25, 0.3) is 5.91 Å². The van der Waals surface area contributed by atoms with Crippen LogP contribution in [0.3, 0.4) is 0 Å². The van der Waals surface area contributed by atoms with Gasteiger partial charge in [0.1, 0.15) is 5.52 Å². The average Bonchev–Trinajstić information content (AvgIpc) is 3.00. The Balaban J connectivity index is 0.00000243. The molecule has 0 aliphatic rings. The number of fused-ring (bicyclic) bond motifs is 1. The highest BCUT2D eigenvalue weighted by Gasteiger charge is 2.22. The van der Waals surface area contributed by atoms with E-state index in [1.165, 1.54) is 11.3 Å². The first-order valence-corrected chi connectivity index (χ1v) is 9.30. The minimum atomic E-state index is -0.125. The van der Waals surface area contributed by atoms with Crippen molar-refractivity contribution < 1.29 is 17.2 Å². The third-order valence-corrected chi connectivity index (χ3v) is 5.26. The van der Waals surface area contributed by atoms with Crippen molar-refractivity contribution in [2.24, 2.45) is 0 Å². The lowest BCUT2D eigenvalue weighted by Gasteiger charge is -2.22. The van der Waals surface area contributed by atoms with Crippen molar-refractivity contribution >= 4 is 55.8 Å². The molecule has 0 saturated heterocycles. The first-order valence-electron chi connectivity index (χ1n) is 7.73. The monoisotopic (exact) mass is 428 g/mol. The molecule has 0 aliphatic carbocycles. The summed E-state index contributed by atoms with van der Waals surface area (Å²) >= 11 is 13.7. The number of para-hydroxylation sites is 1. The normalized spacial score (nSPS) is 10.8. The number of nitrogens with zero attached hydrogens (tertiary/aromatic N) is 3. The predicted molar refractivity (Wildman–Crippen MR) is 106 cm³/mol. The molecule has 0 aliphatic heterocycles. The molecule has 26 heavy (non-hydrogen) atoms. The van der Waals surface area contributed by atoms with Gasteiger partial charge >= 0.3 is 0 Å². The Hall–Kier alpha value is -1.37. The molecular formula is C18H17Cl3N3OS-. The molecule has 1 amide bonds. The van der Waals surface area contributed by atoms with Crippen LogP contribution in [0.1, 0.15) is 10.4 Å². The first kappa shape index (κ1) is 20.9. The van der Waals surface area contributed by atoms with E-state index in [1.807, 2.05) is 31.1 Å². The second-order valence-electron chi connectivity index (χ2n) is 5.85. The molecule has 3 rings (SSSR count). The number of benzene rings is 2. The van der Waals surface area contributed by atoms with Gasteiger partial charge in [-0.25, -0.2) is 4.98 Å². The Morgan fingerprint density at radius 2 is 1.85 bits per heavy atom. The molecule has 2 aromatic carbocycles. The fraction of sp³-hybridized carbons (Fsp3) is 0.222. The lowest BCUT2D eigenvalue weighted by molar-refractivity contribution is -0.0000126. The zero-order chi connectivity index (χ0) is 18.0. The minimum absolute atomic E-state index is 0. The molecule has 8 heteroatoms. The first-order chi connectivity index (χ1) is 12.0. The quantitative estimate of drug-likeness (QED) is 0.621. The molecule has 0 N–H and O–H groups in total. The summed E-state index contributed by atoms with van der Waals surface area (Å²) in [6, 6.07) is 12.6. The zero-order valence-corrected chi connectivity index (χ0v) is 17.3. The van der Waals surface area contributed by atoms with Crippen LogP contribution in [0.4, 0.5) is 5.13 Å². The Kier molecular flexibility index (Phi) is 7.26. The SMILES string of the molecule is CN(C)CCN(C(=O)c1cccc(Cl)c1)c1nc2c(Cl)cccc2s1.[Cl-]. The van der Waals surface area contributed by atoms with Crippen molar-refractivity contribution in [2.75, 3.05) is 32.1 Å². The molecule has 1 aromatic heterocycles. The number of aromatic nitrogens is 1. The summed E-state index contributed by atoms with van der Waals surface area (Å²) in [5.74, 6) is -0.125. The molecule has 0 saturated carbocycles. The van der Waals surface area contributed by atoms with E-state index in [1.54, 1.807) is 35.2 Å². The highest BCUT2D eigenvalue weighted by molar-refractivity contribution is 7.22. The third-order valence-electron chi connectivity index (χ3n) is 3.68. The number of carbonyl (C=O) groups excluding carboxylic acids is 1.